The molecule has 0 unspecified atom stereocenters. The summed E-state index contributed by atoms with van der Waals surface area (Å²) in [6, 6.07) is 9.33. The Hall–Kier alpha value is -1.84. The highest BCUT2D eigenvalue weighted by molar-refractivity contribution is 5.68. The number of halogens is 1. The molecule has 0 aliphatic carbocycles. The van der Waals surface area contributed by atoms with Crippen molar-refractivity contribution in [3.63, 3.8) is 0 Å². The largest absolute Gasteiger partial charge is 0.445 e. The third kappa shape index (κ3) is 3.09. The predicted molar refractivity (Wildman–Crippen MR) is 66.6 cm³/mol. The average Bonchev–Trinajstić information content (AvgIpc) is 2.86. The van der Waals surface area contributed by atoms with Crippen LogP contribution in [0.4, 0.5) is 9.18 Å². The van der Waals surface area contributed by atoms with E-state index < -0.39 is 0 Å². The Bertz CT molecular complexity index is 419. The Balaban J connectivity index is 1.88. The van der Waals surface area contributed by atoms with Gasteiger partial charge in [-0.05, 0) is 24.5 Å². The number of carbonyl (C=O) groups excluding carboxylic acids is 1. The number of nitrogens with zero attached hydrogens (tertiary/aromatic N) is 1. The summed E-state index contributed by atoms with van der Waals surface area (Å²) >= 11 is 0. The first-order valence-electron chi connectivity index (χ1n) is 6.05. The summed E-state index contributed by atoms with van der Waals surface area (Å²) in [7, 11) is 0. The number of amides is 1. The van der Waals surface area contributed by atoms with E-state index in [2.05, 4.69) is 0 Å². The van der Waals surface area contributed by atoms with E-state index in [0.717, 1.165) is 18.4 Å². The molecule has 4 heteroatoms. The Morgan fingerprint density at radius 3 is 2.94 bits per heavy atom. The highest BCUT2D eigenvalue weighted by atomic mass is 19.1. The topological polar surface area (TPSA) is 29.5 Å². The van der Waals surface area contributed by atoms with Crippen molar-refractivity contribution in [3.8, 4) is 0 Å². The summed E-state index contributed by atoms with van der Waals surface area (Å²) < 4.78 is 17.4. The SMILES string of the molecule is O=C(OCc1ccccc1)N1CCC[C@H]1/C=C/F. The Morgan fingerprint density at radius 2 is 2.22 bits per heavy atom. The van der Waals surface area contributed by atoms with Crippen molar-refractivity contribution in [2.75, 3.05) is 6.54 Å². The first-order valence-corrected chi connectivity index (χ1v) is 6.05. The van der Waals surface area contributed by atoms with Crippen molar-refractivity contribution < 1.29 is 13.9 Å². The quantitative estimate of drug-likeness (QED) is 0.822. The number of hydrogen-bond acceptors (Lipinski definition) is 2. The average molecular weight is 249 g/mol. The van der Waals surface area contributed by atoms with Gasteiger partial charge in [0.25, 0.3) is 0 Å². The molecule has 1 atom stereocenters. The molecule has 1 aliphatic rings. The van der Waals surface area contributed by atoms with Crippen LogP contribution in [0.5, 0.6) is 0 Å². The van der Waals surface area contributed by atoms with E-state index >= 15 is 0 Å². The van der Waals surface area contributed by atoms with Crippen LogP contribution < -0.4 is 0 Å². The molecule has 1 heterocycles. The first kappa shape index (κ1) is 12.6. The van der Waals surface area contributed by atoms with Crippen LogP contribution in [0.1, 0.15) is 18.4 Å². The van der Waals surface area contributed by atoms with Gasteiger partial charge in [0.05, 0.1) is 12.4 Å². The number of carbonyl (C=O) groups is 1. The number of hydrogen-bond donors (Lipinski definition) is 0. The van der Waals surface area contributed by atoms with Crippen LogP contribution in [0.25, 0.3) is 0 Å². The van der Waals surface area contributed by atoms with E-state index in [-0.39, 0.29) is 18.7 Å². The fourth-order valence-electron chi connectivity index (χ4n) is 2.11. The van der Waals surface area contributed by atoms with Crippen LogP contribution >= 0.6 is 0 Å². The molecule has 0 aromatic heterocycles. The minimum Gasteiger partial charge on any atom is -0.445 e. The summed E-state index contributed by atoms with van der Waals surface area (Å²) in [5, 5.41) is 0. The van der Waals surface area contributed by atoms with E-state index in [1.54, 1.807) is 4.90 Å². The molecule has 0 spiro atoms. The van der Waals surface area contributed by atoms with Gasteiger partial charge in [0.15, 0.2) is 0 Å². The number of ether oxygens (including phenoxy) is 1. The molecule has 1 aromatic carbocycles. The smallest absolute Gasteiger partial charge is 0.410 e. The standard InChI is InChI=1S/C14H16FNO2/c15-9-8-13-7-4-10-16(13)14(17)18-11-12-5-2-1-3-6-12/h1-3,5-6,8-9,13H,4,7,10-11H2/b9-8+/t13-/m0/s1. The third-order valence-corrected chi connectivity index (χ3v) is 3.03. The lowest BCUT2D eigenvalue weighted by atomic mass is 10.2. The Labute approximate surface area is 106 Å². The molecule has 3 nitrogen and oxygen atoms in total. The number of benzene rings is 1. The summed E-state index contributed by atoms with van der Waals surface area (Å²) in [5.41, 5.74) is 0.947. The molecule has 1 aromatic rings. The van der Waals surface area contributed by atoms with Crippen LogP contribution in [0.3, 0.4) is 0 Å². The van der Waals surface area contributed by atoms with Gasteiger partial charge in [0.1, 0.15) is 6.61 Å². The van der Waals surface area contributed by atoms with Gasteiger partial charge in [0.2, 0.25) is 0 Å². The highest BCUT2D eigenvalue weighted by Crippen LogP contribution is 2.19. The van der Waals surface area contributed by atoms with Gasteiger partial charge >= 0.3 is 6.09 Å². The van der Waals surface area contributed by atoms with E-state index in [9.17, 15) is 9.18 Å². The van der Waals surface area contributed by atoms with Crippen LogP contribution in [0, 0.1) is 0 Å². The predicted octanol–water partition coefficient (Wildman–Crippen LogP) is 3.27. The second-order valence-corrected chi connectivity index (χ2v) is 4.26. The van der Waals surface area contributed by atoms with E-state index in [1.807, 2.05) is 30.3 Å². The second kappa shape index (κ2) is 6.19. The van der Waals surface area contributed by atoms with E-state index in [4.69, 9.17) is 4.74 Å². The molecule has 0 saturated carbocycles. The molecule has 0 N–H and O–H groups in total. The minimum absolute atomic E-state index is 0.168. The Kier molecular flexibility index (Phi) is 4.34. The molecule has 96 valence electrons. The van der Waals surface area contributed by atoms with Gasteiger partial charge in [-0.3, -0.25) is 0 Å². The molecule has 1 fully saturated rings. The van der Waals surface area contributed by atoms with Gasteiger partial charge in [-0.2, -0.15) is 0 Å². The van der Waals surface area contributed by atoms with Crippen molar-refractivity contribution in [2.45, 2.75) is 25.5 Å². The molecule has 1 amide bonds. The van der Waals surface area contributed by atoms with Gasteiger partial charge in [-0.1, -0.05) is 30.3 Å². The summed E-state index contributed by atoms with van der Waals surface area (Å²) in [6.07, 6.45) is 3.19. The number of rotatable bonds is 3. The fourth-order valence-corrected chi connectivity index (χ4v) is 2.11. The molecule has 18 heavy (non-hydrogen) atoms. The maximum Gasteiger partial charge on any atom is 0.410 e. The van der Waals surface area contributed by atoms with Crippen molar-refractivity contribution in [2.24, 2.45) is 0 Å². The van der Waals surface area contributed by atoms with Gasteiger partial charge in [-0.25, -0.2) is 9.18 Å². The summed E-state index contributed by atoms with van der Waals surface area (Å²) in [4.78, 5) is 13.4. The second-order valence-electron chi connectivity index (χ2n) is 4.26. The zero-order valence-electron chi connectivity index (χ0n) is 10.1. The minimum atomic E-state index is -0.376. The fraction of sp³-hybridized carbons (Fsp3) is 0.357. The summed E-state index contributed by atoms with van der Waals surface area (Å²) in [6.45, 7) is 0.880. The van der Waals surface area contributed by atoms with Crippen molar-refractivity contribution >= 4 is 6.09 Å². The van der Waals surface area contributed by atoms with Gasteiger partial charge < -0.3 is 9.64 Å². The maximum atomic E-state index is 12.2. The third-order valence-electron chi connectivity index (χ3n) is 3.03. The Morgan fingerprint density at radius 1 is 1.44 bits per heavy atom. The molecule has 0 bridgehead atoms. The lowest BCUT2D eigenvalue weighted by Crippen LogP contribution is -2.34. The van der Waals surface area contributed by atoms with Crippen LogP contribution in [0.15, 0.2) is 42.7 Å². The van der Waals surface area contributed by atoms with E-state index in [0.29, 0.717) is 12.9 Å². The van der Waals surface area contributed by atoms with Gasteiger partial charge in [0, 0.05) is 6.54 Å². The number of likely N-dealkylation sites (tertiary alicyclic amines) is 1. The molecule has 1 saturated heterocycles. The molecule has 1 aliphatic heterocycles. The van der Waals surface area contributed by atoms with Crippen LogP contribution in [0.2, 0.25) is 0 Å². The first-order chi connectivity index (χ1) is 8.81. The highest BCUT2D eigenvalue weighted by Gasteiger charge is 2.27. The maximum absolute atomic E-state index is 12.2. The van der Waals surface area contributed by atoms with Crippen LogP contribution in [-0.4, -0.2) is 23.6 Å². The van der Waals surface area contributed by atoms with Crippen molar-refractivity contribution in [3.05, 3.63) is 48.3 Å². The monoisotopic (exact) mass is 249 g/mol. The normalized spacial score (nSPS) is 19.4. The van der Waals surface area contributed by atoms with Gasteiger partial charge in [-0.15, -0.1) is 0 Å². The summed E-state index contributed by atoms with van der Waals surface area (Å²) in [5.74, 6) is 0. The van der Waals surface area contributed by atoms with E-state index in [1.165, 1.54) is 6.08 Å². The lowest BCUT2D eigenvalue weighted by Gasteiger charge is -2.21. The zero-order valence-corrected chi connectivity index (χ0v) is 10.1. The van der Waals surface area contributed by atoms with Crippen molar-refractivity contribution in [1.82, 2.24) is 4.90 Å². The van der Waals surface area contributed by atoms with Crippen LogP contribution in [-0.2, 0) is 11.3 Å². The lowest BCUT2D eigenvalue weighted by molar-refractivity contribution is 0.0974. The molecular formula is C14H16FNO2. The van der Waals surface area contributed by atoms with Crippen molar-refractivity contribution in [1.29, 1.82) is 0 Å². The molecule has 0 radical (unpaired) electrons. The molecule has 2 rings (SSSR count). The molecular weight excluding hydrogens is 233 g/mol. The zero-order chi connectivity index (χ0) is 12.8.